The topological polar surface area (TPSA) is 40.5 Å². The fourth-order valence-electron chi connectivity index (χ4n) is 3.50. The average molecular weight is 263 g/mol. The fraction of sp³-hybridized carbons (Fsp3) is 0.533. The fourth-order valence-corrected chi connectivity index (χ4v) is 3.50. The predicted octanol–water partition coefficient (Wildman–Crippen LogP) is 2.94. The maximum Gasteiger partial charge on any atom is 0.257 e. The smallest absolute Gasteiger partial charge is 0.257 e. The summed E-state index contributed by atoms with van der Waals surface area (Å²) in [5, 5.41) is 9.73. The summed E-state index contributed by atoms with van der Waals surface area (Å²) in [4.78, 5) is 14.3. The zero-order valence-electron chi connectivity index (χ0n) is 10.8. The Balaban J connectivity index is 1.83. The molecule has 0 bridgehead atoms. The third-order valence-corrected chi connectivity index (χ3v) is 4.46. The highest BCUT2D eigenvalue weighted by Gasteiger charge is 2.38. The van der Waals surface area contributed by atoms with E-state index >= 15 is 0 Å². The zero-order chi connectivity index (χ0) is 13.4. The number of phenols is 1. The molecule has 0 radical (unpaired) electrons. The van der Waals surface area contributed by atoms with Crippen molar-refractivity contribution in [2.45, 2.75) is 38.1 Å². The summed E-state index contributed by atoms with van der Waals surface area (Å²) < 4.78 is 13.0. The van der Waals surface area contributed by atoms with E-state index in [0.717, 1.165) is 25.5 Å². The molecule has 1 saturated heterocycles. The van der Waals surface area contributed by atoms with E-state index in [1.165, 1.54) is 31.4 Å². The number of likely N-dealkylation sites (tertiary alicyclic amines) is 1. The quantitative estimate of drug-likeness (QED) is 0.846. The number of hydrogen-bond donors (Lipinski definition) is 1. The molecule has 2 aliphatic rings. The number of rotatable bonds is 1. The second kappa shape index (κ2) is 4.83. The van der Waals surface area contributed by atoms with Gasteiger partial charge in [-0.25, -0.2) is 4.39 Å². The van der Waals surface area contributed by atoms with E-state index in [1.807, 2.05) is 4.90 Å². The lowest BCUT2D eigenvalue weighted by molar-refractivity contribution is 0.0687. The first-order chi connectivity index (χ1) is 9.16. The Morgan fingerprint density at radius 1 is 1.26 bits per heavy atom. The number of nitrogens with zero attached hydrogens (tertiary/aromatic N) is 1. The number of phenolic OH excluding ortho intramolecular Hbond substituents is 1. The molecule has 0 spiro atoms. The van der Waals surface area contributed by atoms with Crippen LogP contribution in [0.2, 0.25) is 0 Å². The Morgan fingerprint density at radius 2 is 2.05 bits per heavy atom. The van der Waals surface area contributed by atoms with Gasteiger partial charge in [-0.15, -0.1) is 0 Å². The van der Waals surface area contributed by atoms with Crippen LogP contribution in [-0.4, -0.2) is 28.5 Å². The Labute approximate surface area is 112 Å². The molecule has 2 atom stereocenters. The summed E-state index contributed by atoms with van der Waals surface area (Å²) in [5.41, 5.74) is 0.215. The summed E-state index contributed by atoms with van der Waals surface area (Å²) in [6.07, 6.45) is 5.73. The molecule has 2 unspecified atom stereocenters. The largest absolute Gasteiger partial charge is 0.507 e. The third-order valence-electron chi connectivity index (χ3n) is 4.46. The van der Waals surface area contributed by atoms with Gasteiger partial charge in [0.25, 0.3) is 5.91 Å². The first kappa shape index (κ1) is 12.5. The van der Waals surface area contributed by atoms with Gasteiger partial charge in [-0.1, -0.05) is 12.8 Å². The van der Waals surface area contributed by atoms with Crippen LogP contribution < -0.4 is 0 Å². The minimum absolute atomic E-state index is 0.160. The van der Waals surface area contributed by atoms with Crippen LogP contribution in [0, 0.1) is 11.7 Å². The highest BCUT2D eigenvalue weighted by Crippen LogP contribution is 2.37. The van der Waals surface area contributed by atoms with Gasteiger partial charge in [0.05, 0.1) is 5.56 Å². The molecule has 1 heterocycles. The van der Waals surface area contributed by atoms with E-state index in [2.05, 4.69) is 0 Å². The van der Waals surface area contributed by atoms with Gasteiger partial charge >= 0.3 is 0 Å². The van der Waals surface area contributed by atoms with Crippen LogP contribution in [0.3, 0.4) is 0 Å². The Kier molecular flexibility index (Phi) is 3.17. The molecular weight excluding hydrogens is 245 g/mol. The van der Waals surface area contributed by atoms with Crippen molar-refractivity contribution >= 4 is 5.91 Å². The Hall–Kier alpha value is -1.58. The molecular formula is C15H18FNO2. The van der Waals surface area contributed by atoms with E-state index in [1.54, 1.807) is 0 Å². The molecule has 3 nitrogen and oxygen atoms in total. The lowest BCUT2D eigenvalue weighted by Crippen LogP contribution is -2.39. The van der Waals surface area contributed by atoms with Crippen LogP contribution in [0.15, 0.2) is 18.2 Å². The molecule has 1 N–H and O–H groups in total. The summed E-state index contributed by atoms with van der Waals surface area (Å²) >= 11 is 0. The van der Waals surface area contributed by atoms with Crippen molar-refractivity contribution < 1.29 is 14.3 Å². The predicted molar refractivity (Wildman–Crippen MR) is 69.5 cm³/mol. The van der Waals surface area contributed by atoms with Gasteiger partial charge < -0.3 is 10.0 Å². The van der Waals surface area contributed by atoms with Gasteiger partial charge in [-0.05, 0) is 37.3 Å². The van der Waals surface area contributed by atoms with Crippen LogP contribution in [0.5, 0.6) is 5.75 Å². The lowest BCUT2D eigenvalue weighted by Gasteiger charge is -2.31. The number of aromatic hydroxyl groups is 1. The van der Waals surface area contributed by atoms with Crippen molar-refractivity contribution in [3.63, 3.8) is 0 Å². The SMILES string of the molecule is O=C(c1ccc(F)cc1O)N1CCC2CCCCC21. The second-order valence-corrected chi connectivity index (χ2v) is 5.56. The highest BCUT2D eigenvalue weighted by molar-refractivity contribution is 5.97. The molecule has 4 heteroatoms. The van der Waals surface area contributed by atoms with Crippen LogP contribution in [0.25, 0.3) is 0 Å². The maximum absolute atomic E-state index is 13.0. The van der Waals surface area contributed by atoms with Crippen LogP contribution >= 0.6 is 0 Å². The van der Waals surface area contributed by atoms with Crippen LogP contribution in [-0.2, 0) is 0 Å². The van der Waals surface area contributed by atoms with Crippen molar-refractivity contribution in [1.82, 2.24) is 4.90 Å². The molecule has 3 rings (SSSR count). The molecule has 1 aromatic rings. The first-order valence-electron chi connectivity index (χ1n) is 6.96. The molecule has 1 amide bonds. The van der Waals surface area contributed by atoms with Crippen molar-refractivity contribution in [3.05, 3.63) is 29.6 Å². The molecule has 0 aromatic heterocycles. The number of hydrogen-bond acceptors (Lipinski definition) is 2. The van der Waals surface area contributed by atoms with Gasteiger partial charge in [0.15, 0.2) is 0 Å². The molecule has 1 aromatic carbocycles. The second-order valence-electron chi connectivity index (χ2n) is 5.56. The third kappa shape index (κ3) is 2.20. The number of halogens is 1. The standard InChI is InChI=1S/C15H18FNO2/c16-11-5-6-12(14(18)9-11)15(19)17-8-7-10-3-1-2-4-13(10)17/h5-6,9-10,13,18H,1-4,7-8H2. The van der Waals surface area contributed by atoms with Gasteiger partial charge in [0, 0.05) is 18.7 Å². The van der Waals surface area contributed by atoms with Crippen molar-refractivity contribution in [1.29, 1.82) is 0 Å². The Bertz CT molecular complexity index is 503. The van der Waals surface area contributed by atoms with Gasteiger partial charge in [0.1, 0.15) is 11.6 Å². The number of benzene rings is 1. The molecule has 1 saturated carbocycles. The molecule has 2 fully saturated rings. The maximum atomic E-state index is 13.0. The van der Waals surface area contributed by atoms with E-state index in [4.69, 9.17) is 0 Å². The average Bonchev–Trinajstić information content (AvgIpc) is 2.82. The molecule has 19 heavy (non-hydrogen) atoms. The van der Waals surface area contributed by atoms with Crippen LogP contribution in [0.1, 0.15) is 42.5 Å². The minimum Gasteiger partial charge on any atom is -0.507 e. The zero-order valence-corrected chi connectivity index (χ0v) is 10.8. The van der Waals surface area contributed by atoms with E-state index in [-0.39, 0.29) is 17.2 Å². The van der Waals surface area contributed by atoms with Crippen molar-refractivity contribution in [2.75, 3.05) is 6.54 Å². The van der Waals surface area contributed by atoms with E-state index in [9.17, 15) is 14.3 Å². The lowest BCUT2D eigenvalue weighted by atomic mass is 9.85. The number of fused-ring (bicyclic) bond motifs is 1. The monoisotopic (exact) mass is 263 g/mol. The van der Waals surface area contributed by atoms with Gasteiger partial charge in [-0.2, -0.15) is 0 Å². The molecule has 1 aliphatic carbocycles. The van der Waals surface area contributed by atoms with E-state index < -0.39 is 5.82 Å². The summed E-state index contributed by atoms with van der Waals surface area (Å²) in [7, 11) is 0. The van der Waals surface area contributed by atoms with Gasteiger partial charge in [0.2, 0.25) is 0 Å². The highest BCUT2D eigenvalue weighted by atomic mass is 19.1. The van der Waals surface area contributed by atoms with Gasteiger partial charge in [-0.3, -0.25) is 4.79 Å². The summed E-state index contributed by atoms with van der Waals surface area (Å²) in [6, 6.07) is 3.91. The summed E-state index contributed by atoms with van der Waals surface area (Å²) in [6.45, 7) is 0.755. The Morgan fingerprint density at radius 3 is 2.84 bits per heavy atom. The number of carbonyl (C=O) groups excluding carboxylic acids is 1. The van der Waals surface area contributed by atoms with Crippen molar-refractivity contribution in [3.8, 4) is 5.75 Å². The molecule has 1 aliphatic heterocycles. The van der Waals surface area contributed by atoms with Crippen molar-refractivity contribution in [2.24, 2.45) is 5.92 Å². The van der Waals surface area contributed by atoms with E-state index in [0.29, 0.717) is 12.0 Å². The number of amides is 1. The first-order valence-corrected chi connectivity index (χ1v) is 6.96. The summed E-state index contributed by atoms with van der Waals surface area (Å²) in [5.74, 6) is -0.331. The van der Waals surface area contributed by atoms with Crippen LogP contribution in [0.4, 0.5) is 4.39 Å². The molecule has 102 valence electrons. The normalized spacial score (nSPS) is 26.3. The number of carbonyl (C=O) groups is 1. The minimum atomic E-state index is -0.522.